The van der Waals surface area contributed by atoms with Crippen LogP contribution in [-0.2, 0) is 13.1 Å². The molecule has 6 fully saturated rings. The Morgan fingerprint density at radius 2 is 0.694 bits per heavy atom. The number of rotatable bonds is 4. The van der Waals surface area contributed by atoms with Crippen LogP contribution in [0.5, 0.6) is 0 Å². The van der Waals surface area contributed by atoms with Crippen LogP contribution in [0.1, 0.15) is 11.1 Å². The van der Waals surface area contributed by atoms with Gasteiger partial charge in [0.2, 0.25) is 0 Å². The molecule has 6 aliphatic heterocycles. The average Bonchev–Trinajstić information content (AvgIpc) is 2.90. The van der Waals surface area contributed by atoms with E-state index < -0.39 is 0 Å². The third kappa shape index (κ3) is 8.46. The maximum Gasteiger partial charge on any atom is 0.0234 e. The number of hydrogen-bond donors (Lipinski definition) is 2. The second-order valence-corrected chi connectivity index (χ2v) is 11.2. The number of piperazine rings is 2. The van der Waals surface area contributed by atoms with Crippen LogP contribution in [0.2, 0.25) is 0 Å². The van der Waals surface area contributed by atoms with Crippen molar-refractivity contribution in [3.8, 4) is 0 Å². The molecule has 0 saturated carbocycles. The minimum absolute atomic E-state index is 1.06. The van der Waals surface area contributed by atoms with E-state index in [0.29, 0.717) is 0 Å². The Morgan fingerprint density at radius 3 is 1.08 bits per heavy atom. The van der Waals surface area contributed by atoms with E-state index >= 15 is 0 Å². The van der Waals surface area contributed by atoms with E-state index in [2.05, 4.69) is 64.3 Å². The maximum atomic E-state index is 3.68. The number of fused-ring (bicyclic) bond motifs is 18. The summed E-state index contributed by atoms with van der Waals surface area (Å²) in [6, 6.07) is 9.52. The Balaban J connectivity index is 1.12. The zero-order valence-corrected chi connectivity index (χ0v) is 22.5. The molecule has 0 aromatic heterocycles. The molecule has 202 valence electrons. The van der Waals surface area contributed by atoms with Crippen LogP contribution in [-0.4, -0.2) is 160 Å². The molecule has 36 heavy (non-hydrogen) atoms. The molecule has 1 aromatic rings. The van der Waals surface area contributed by atoms with Crippen molar-refractivity contribution in [1.82, 2.24) is 40.0 Å². The van der Waals surface area contributed by atoms with Crippen LogP contribution in [0.15, 0.2) is 24.3 Å². The zero-order chi connectivity index (χ0) is 24.4. The van der Waals surface area contributed by atoms with Gasteiger partial charge in [0, 0.05) is 144 Å². The molecule has 0 amide bonds. The molecule has 0 spiro atoms. The SMILES string of the molecule is c1cc(CN2CCNCCN3CCN(CC3)CC2)ccc1CN1CCNCCN2CCN(CC2)CC1. The predicted molar refractivity (Wildman–Crippen MR) is 148 cm³/mol. The first-order valence-electron chi connectivity index (χ1n) is 14.6. The highest BCUT2D eigenvalue weighted by atomic mass is 15.3. The van der Waals surface area contributed by atoms with Gasteiger partial charge in [0.25, 0.3) is 0 Å². The van der Waals surface area contributed by atoms with Gasteiger partial charge >= 0.3 is 0 Å². The molecule has 4 bridgehead atoms. The summed E-state index contributed by atoms with van der Waals surface area (Å²) >= 11 is 0. The first kappa shape index (κ1) is 26.5. The minimum atomic E-state index is 1.06. The topological polar surface area (TPSA) is 43.5 Å². The molecule has 0 radical (unpaired) electrons. The van der Waals surface area contributed by atoms with Crippen LogP contribution in [0.4, 0.5) is 0 Å². The summed E-state index contributed by atoms with van der Waals surface area (Å²) in [5, 5.41) is 7.35. The zero-order valence-electron chi connectivity index (χ0n) is 22.5. The Hall–Kier alpha value is -1.10. The summed E-state index contributed by atoms with van der Waals surface area (Å²) in [4.78, 5) is 15.8. The van der Waals surface area contributed by atoms with Gasteiger partial charge in [-0.2, -0.15) is 0 Å². The van der Waals surface area contributed by atoms with Crippen molar-refractivity contribution in [1.29, 1.82) is 0 Å². The van der Waals surface area contributed by atoms with Crippen molar-refractivity contribution in [2.45, 2.75) is 13.1 Å². The molecule has 8 nitrogen and oxygen atoms in total. The fourth-order valence-electron chi connectivity index (χ4n) is 6.04. The van der Waals surface area contributed by atoms with Crippen LogP contribution in [0.3, 0.4) is 0 Å². The number of hydrogen-bond acceptors (Lipinski definition) is 8. The first-order valence-corrected chi connectivity index (χ1v) is 14.6. The lowest BCUT2D eigenvalue weighted by molar-refractivity contribution is 0.112. The van der Waals surface area contributed by atoms with E-state index in [4.69, 9.17) is 0 Å². The normalized spacial score (nSPS) is 32.2. The van der Waals surface area contributed by atoms with E-state index in [9.17, 15) is 0 Å². The summed E-state index contributed by atoms with van der Waals surface area (Å²) in [7, 11) is 0. The minimum Gasteiger partial charge on any atom is -0.314 e. The molecule has 6 saturated heterocycles. The molecule has 2 N–H and O–H groups in total. The Labute approximate surface area is 219 Å². The third-order valence-electron chi connectivity index (χ3n) is 8.65. The molecule has 0 aliphatic carbocycles. The van der Waals surface area contributed by atoms with Crippen LogP contribution in [0.25, 0.3) is 0 Å². The van der Waals surface area contributed by atoms with Crippen molar-refractivity contribution in [3.63, 3.8) is 0 Å². The fraction of sp³-hybridized carbons (Fsp3) is 0.786. The number of benzene rings is 1. The molecule has 1 aromatic carbocycles. The van der Waals surface area contributed by atoms with Crippen molar-refractivity contribution >= 4 is 0 Å². The summed E-state index contributed by atoms with van der Waals surface area (Å²) in [6.45, 7) is 25.7. The van der Waals surface area contributed by atoms with Crippen LogP contribution < -0.4 is 10.6 Å². The third-order valence-corrected chi connectivity index (χ3v) is 8.65. The molecule has 0 unspecified atom stereocenters. The van der Waals surface area contributed by atoms with E-state index in [0.717, 1.165) is 52.4 Å². The standard InChI is InChI=1S/C28H50N8/c1-2-28(26-36-12-8-30-6-10-32-15-19-34(20-16-32)22-24-36)4-3-27(1)25-35-11-7-29-5-9-31-13-17-33(18-14-31)21-23-35/h1-4,29-30H,5-26H2. The highest BCUT2D eigenvalue weighted by Gasteiger charge is 2.20. The smallest absolute Gasteiger partial charge is 0.0234 e. The van der Waals surface area contributed by atoms with E-state index in [1.54, 1.807) is 0 Å². The Kier molecular flexibility index (Phi) is 10.4. The van der Waals surface area contributed by atoms with Crippen molar-refractivity contribution in [2.24, 2.45) is 0 Å². The van der Waals surface area contributed by atoms with Gasteiger partial charge < -0.3 is 10.6 Å². The molecule has 7 rings (SSSR count). The van der Waals surface area contributed by atoms with Gasteiger partial charge in [-0.15, -0.1) is 0 Å². The monoisotopic (exact) mass is 498 g/mol. The largest absolute Gasteiger partial charge is 0.314 e. The lowest BCUT2D eigenvalue weighted by atomic mass is 10.1. The van der Waals surface area contributed by atoms with Gasteiger partial charge in [-0.1, -0.05) is 24.3 Å². The summed E-state index contributed by atoms with van der Waals surface area (Å²) in [5.41, 5.74) is 2.90. The number of nitrogens with zero attached hydrogens (tertiary/aromatic N) is 6. The molecule has 8 heteroatoms. The molecular formula is C28H50N8. The van der Waals surface area contributed by atoms with Crippen molar-refractivity contribution in [3.05, 3.63) is 35.4 Å². The summed E-state index contributed by atoms with van der Waals surface area (Å²) in [6.07, 6.45) is 0. The second-order valence-electron chi connectivity index (χ2n) is 11.2. The maximum absolute atomic E-state index is 3.68. The van der Waals surface area contributed by atoms with E-state index in [-0.39, 0.29) is 0 Å². The van der Waals surface area contributed by atoms with Gasteiger partial charge in [0.15, 0.2) is 0 Å². The first-order chi connectivity index (χ1) is 17.8. The highest BCUT2D eigenvalue weighted by Crippen LogP contribution is 2.12. The number of nitrogens with one attached hydrogen (secondary N) is 2. The second kappa shape index (κ2) is 14.2. The van der Waals surface area contributed by atoms with Gasteiger partial charge in [-0.05, 0) is 11.1 Å². The van der Waals surface area contributed by atoms with Crippen LogP contribution >= 0.6 is 0 Å². The van der Waals surface area contributed by atoms with Gasteiger partial charge in [-0.25, -0.2) is 0 Å². The highest BCUT2D eigenvalue weighted by molar-refractivity contribution is 5.22. The summed E-state index contributed by atoms with van der Waals surface area (Å²) in [5.74, 6) is 0. The lowest BCUT2D eigenvalue weighted by Crippen LogP contribution is -2.51. The summed E-state index contributed by atoms with van der Waals surface area (Å²) < 4.78 is 0. The molecular weight excluding hydrogens is 448 g/mol. The van der Waals surface area contributed by atoms with Gasteiger partial charge in [0.05, 0.1) is 0 Å². The van der Waals surface area contributed by atoms with Crippen molar-refractivity contribution in [2.75, 3.05) is 131 Å². The van der Waals surface area contributed by atoms with E-state index in [1.165, 1.54) is 103 Å². The van der Waals surface area contributed by atoms with Crippen molar-refractivity contribution < 1.29 is 0 Å². The molecule has 0 atom stereocenters. The Bertz CT molecular complexity index is 674. The molecule has 6 heterocycles. The van der Waals surface area contributed by atoms with Gasteiger partial charge in [0.1, 0.15) is 0 Å². The van der Waals surface area contributed by atoms with E-state index in [1.807, 2.05) is 0 Å². The lowest BCUT2D eigenvalue weighted by Gasteiger charge is -2.37. The van der Waals surface area contributed by atoms with Crippen LogP contribution in [0, 0.1) is 0 Å². The fourth-order valence-corrected chi connectivity index (χ4v) is 6.04. The Morgan fingerprint density at radius 1 is 0.389 bits per heavy atom. The quantitative estimate of drug-likeness (QED) is 0.589. The molecule has 6 aliphatic rings. The average molecular weight is 499 g/mol. The predicted octanol–water partition coefficient (Wildman–Crippen LogP) is -0.268. The van der Waals surface area contributed by atoms with Gasteiger partial charge in [-0.3, -0.25) is 29.4 Å².